The van der Waals surface area contributed by atoms with Crippen molar-refractivity contribution in [3.05, 3.63) is 70.9 Å². The Labute approximate surface area is 194 Å². The van der Waals surface area contributed by atoms with Gasteiger partial charge in [-0.1, -0.05) is 24.3 Å². The Morgan fingerprint density at radius 1 is 0.969 bits per heavy atom. The molecule has 0 saturated carbocycles. The Bertz CT molecular complexity index is 1110. The fourth-order valence-electron chi connectivity index (χ4n) is 4.15. The van der Waals surface area contributed by atoms with Crippen LogP contribution in [0.2, 0.25) is 0 Å². The lowest BCUT2D eigenvalue weighted by molar-refractivity contribution is 0.208. The first-order valence-electron chi connectivity index (χ1n) is 10.6. The maximum atomic E-state index is 13.8. The first kappa shape index (κ1) is 22.6. The van der Waals surface area contributed by atoms with Crippen LogP contribution in [-0.4, -0.2) is 46.7 Å². The molecule has 0 unspecified atom stereocenters. The van der Waals surface area contributed by atoms with Gasteiger partial charge in [0.25, 0.3) is 10.0 Å². The Morgan fingerprint density at radius 2 is 1.69 bits per heavy atom. The Hall–Kier alpha value is -2.55. The third kappa shape index (κ3) is 4.77. The summed E-state index contributed by atoms with van der Waals surface area (Å²) in [4.78, 5) is 4.01. The van der Waals surface area contributed by atoms with E-state index in [1.165, 1.54) is 4.88 Å². The summed E-state index contributed by atoms with van der Waals surface area (Å²) in [5, 5.41) is 2.09. The van der Waals surface area contributed by atoms with Gasteiger partial charge in [0.15, 0.2) is 11.5 Å². The average molecular weight is 473 g/mol. The number of methoxy groups -OCH3 is 2. The average Bonchev–Trinajstić information content (AvgIpc) is 3.34. The molecule has 0 bridgehead atoms. The van der Waals surface area contributed by atoms with Crippen molar-refractivity contribution in [2.75, 3.05) is 31.6 Å². The molecule has 1 aliphatic rings. The van der Waals surface area contributed by atoms with Gasteiger partial charge in [-0.15, -0.1) is 11.3 Å². The zero-order chi connectivity index (χ0) is 22.6. The summed E-state index contributed by atoms with van der Waals surface area (Å²) in [7, 11) is -0.620. The number of hydrogen-bond donors (Lipinski definition) is 0. The van der Waals surface area contributed by atoms with Gasteiger partial charge >= 0.3 is 0 Å². The van der Waals surface area contributed by atoms with E-state index in [0.29, 0.717) is 17.2 Å². The molecule has 32 heavy (non-hydrogen) atoms. The zero-order valence-corrected chi connectivity index (χ0v) is 19.9. The van der Waals surface area contributed by atoms with Gasteiger partial charge in [-0.05, 0) is 48.6 Å². The van der Waals surface area contributed by atoms with Crippen molar-refractivity contribution < 1.29 is 17.9 Å². The minimum Gasteiger partial charge on any atom is -0.493 e. The molecule has 1 fully saturated rings. The molecule has 1 saturated heterocycles. The monoisotopic (exact) mass is 472 g/mol. The predicted octanol–water partition coefficient (Wildman–Crippen LogP) is 4.63. The Kier molecular flexibility index (Phi) is 7.03. The fourth-order valence-corrected chi connectivity index (χ4v) is 6.62. The summed E-state index contributed by atoms with van der Waals surface area (Å²) in [5.74, 6) is 1.08. The predicted molar refractivity (Wildman–Crippen MR) is 128 cm³/mol. The van der Waals surface area contributed by atoms with Crippen molar-refractivity contribution in [3.63, 3.8) is 0 Å². The molecule has 2 heterocycles. The van der Waals surface area contributed by atoms with Crippen LogP contribution in [0, 0.1) is 0 Å². The molecule has 0 spiro atoms. The second kappa shape index (κ2) is 9.94. The van der Waals surface area contributed by atoms with Crippen LogP contribution in [-0.2, 0) is 16.6 Å². The van der Waals surface area contributed by atoms with Crippen LogP contribution in [0.3, 0.4) is 0 Å². The number of nitrogens with zero attached hydrogens (tertiary/aromatic N) is 2. The summed E-state index contributed by atoms with van der Waals surface area (Å²) < 4.78 is 39.9. The highest BCUT2D eigenvalue weighted by atomic mass is 32.2. The first-order chi connectivity index (χ1) is 15.5. The van der Waals surface area contributed by atoms with Crippen molar-refractivity contribution in [2.45, 2.75) is 30.3 Å². The normalized spacial score (nSPS) is 15.4. The lowest BCUT2D eigenvalue weighted by Crippen LogP contribution is -2.47. The third-order valence-electron chi connectivity index (χ3n) is 5.77. The van der Waals surface area contributed by atoms with Crippen LogP contribution in [0.5, 0.6) is 11.5 Å². The quantitative estimate of drug-likeness (QED) is 0.479. The van der Waals surface area contributed by atoms with Crippen molar-refractivity contribution in [1.82, 2.24) is 4.90 Å². The maximum Gasteiger partial charge on any atom is 0.264 e. The first-order valence-corrected chi connectivity index (χ1v) is 12.9. The largest absolute Gasteiger partial charge is 0.493 e. The summed E-state index contributed by atoms with van der Waals surface area (Å²) >= 11 is 1.76. The SMILES string of the molecule is COc1ccc(N(C2CCN(Cc3cccs3)CC2)S(=O)(=O)c2ccccc2)cc1OC. The third-order valence-corrected chi connectivity index (χ3v) is 8.53. The second-order valence-electron chi connectivity index (χ2n) is 7.74. The molecule has 8 heteroatoms. The number of anilines is 1. The van der Waals surface area contributed by atoms with Crippen molar-refractivity contribution in [3.8, 4) is 11.5 Å². The lowest BCUT2D eigenvalue weighted by atomic mass is 10.0. The number of benzene rings is 2. The summed E-state index contributed by atoms with van der Waals surface area (Å²) in [6.07, 6.45) is 1.51. The maximum absolute atomic E-state index is 13.8. The van der Waals surface area contributed by atoms with Crippen LogP contribution in [0.25, 0.3) is 0 Å². The summed E-state index contributed by atoms with van der Waals surface area (Å²) in [6, 6.07) is 18.0. The fraction of sp³-hybridized carbons (Fsp3) is 0.333. The van der Waals surface area contributed by atoms with Crippen molar-refractivity contribution >= 4 is 27.0 Å². The lowest BCUT2D eigenvalue weighted by Gasteiger charge is -2.39. The number of piperidine rings is 1. The van der Waals surface area contributed by atoms with Crippen LogP contribution in [0.15, 0.2) is 70.9 Å². The molecule has 0 radical (unpaired) electrons. The molecule has 3 aromatic rings. The van der Waals surface area contributed by atoms with Gasteiger partial charge in [-0.2, -0.15) is 0 Å². The van der Waals surface area contributed by atoms with Gasteiger partial charge < -0.3 is 9.47 Å². The molecule has 0 aliphatic carbocycles. The molecular formula is C24H28N2O4S2. The molecule has 0 amide bonds. The van der Waals surface area contributed by atoms with Crippen LogP contribution < -0.4 is 13.8 Å². The van der Waals surface area contributed by atoms with Gasteiger partial charge in [0.1, 0.15) is 0 Å². The van der Waals surface area contributed by atoms with E-state index in [-0.39, 0.29) is 10.9 Å². The minimum absolute atomic E-state index is 0.141. The van der Waals surface area contributed by atoms with E-state index in [9.17, 15) is 8.42 Å². The van der Waals surface area contributed by atoms with Gasteiger partial charge in [0, 0.05) is 36.6 Å². The van der Waals surface area contributed by atoms with Crippen molar-refractivity contribution in [1.29, 1.82) is 0 Å². The number of ether oxygens (including phenoxy) is 2. The molecular weight excluding hydrogens is 444 g/mol. The molecule has 4 rings (SSSR count). The summed E-state index contributed by atoms with van der Waals surface area (Å²) in [5.41, 5.74) is 0.586. The smallest absolute Gasteiger partial charge is 0.264 e. The molecule has 6 nitrogen and oxygen atoms in total. The molecule has 0 atom stereocenters. The minimum atomic E-state index is -3.75. The highest BCUT2D eigenvalue weighted by molar-refractivity contribution is 7.92. The molecule has 0 N–H and O–H groups in total. The van der Waals surface area contributed by atoms with E-state index in [1.807, 2.05) is 6.07 Å². The number of hydrogen-bond acceptors (Lipinski definition) is 6. The van der Waals surface area contributed by atoms with E-state index >= 15 is 0 Å². The van der Waals surface area contributed by atoms with E-state index in [4.69, 9.17) is 9.47 Å². The number of thiophene rings is 1. The molecule has 1 aliphatic heterocycles. The van der Waals surface area contributed by atoms with E-state index in [2.05, 4.69) is 22.4 Å². The number of rotatable bonds is 8. The van der Waals surface area contributed by atoms with Gasteiger partial charge in [-0.3, -0.25) is 9.21 Å². The van der Waals surface area contributed by atoms with E-state index < -0.39 is 10.0 Å². The Morgan fingerprint density at radius 3 is 2.31 bits per heavy atom. The second-order valence-corrected chi connectivity index (χ2v) is 10.6. The van der Waals surface area contributed by atoms with Gasteiger partial charge in [-0.25, -0.2) is 8.42 Å². The Balaban J connectivity index is 1.64. The molecule has 1 aromatic heterocycles. The van der Waals surface area contributed by atoms with E-state index in [1.54, 1.807) is 72.3 Å². The number of likely N-dealkylation sites (tertiary alicyclic amines) is 1. The van der Waals surface area contributed by atoms with E-state index in [0.717, 1.165) is 32.5 Å². The van der Waals surface area contributed by atoms with Crippen LogP contribution >= 0.6 is 11.3 Å². The van der Waals surface area contributed by atoms with Crippen LogP contribution in [0.4, 0.5) is 5.69 Å². The van der Waals surface area contributed by atoms with Gasteiger partial charge in [0.05, 0.1) is 24.8 Å². The van der Waals surface area contributed by atoms with Gasteiger partial charge in [0.2, 0.25) is 0 Å². The highest BCUT2D eigenvalue weighted by Gasteiger charge is 2.34. The summed E-state index contributed by atoms with van der Waals surface area (Å²) in [6.45, 7) is 2.60. The van der Waals surface area contributed by atoms with Crippen LogP contribution in [0.1, 0.15) is 17.7 Å². The highest BCUT2D eigenvalue weighted by Crippen LogP contribution is 2.36. The molecule has 170 valence electrons. The topological polar surface area (TPSA) is 59.1 Å². The molecule has 2 aromatic carbocycles. The standard InChI is InChI=1S/C24H28N2O4S2/c1-29-23-11-10-20(17-24(23)30-2)26(32(27,28)22-8-4-3-5-9-22)19-12-14-25(15-13-19)18-21-7-6-16-31-21/h3-11,16-17,19H,12-15,18H2,1-2H3. The number of sulfonamides is 1. The van der Waals surface area contributed by atoms with Crippen molar-refractivity contribution in [2.24, 2.45) is 0 Å². The zero-order valence-electron chi connectivity index (χ0n) is 18.3.